The molecule has 2 fully saturated rings. The molecule has 0 saturated carbocycles. The first-order valence-electron chi connectivity index (χ1n) is 15.7. The number of alkyl halides is 1. The van der Waals surface area contributed by atoms with Crippen LogP contribution >= 0.6 is 11.6 Å². The number of carbonyl (C=O) groups is 2. The summed E-state index contributed by atoms with van der Waals surface area (Å²) in [5.41, 5.74) is -1.10. The maximum Gasteiger partial charge on any atom is 0.410 e. The van der Waals surface area contributed by atoms with Crippen molar-refractivity contribution >= 4 is 34.9 Å². The second-order valence-electron chi connectivity index (χ2n) is 13.7. The number of aromatic nitrogens is 4. The van der Waals surface area contributed by atoms with Crippen LogP contribution in [0.2, 0.25) is 5.02 Å². The molecule has 49 heavy (non-hydrogen) atoms. The van der Waals surface area contributed by atoms with E-state index in [0.29, 0.717) is 59.8 Å². The van der Waals surface area contributed by atoms with E-state index in [9.17, 15) is 19.2 Å². The minimum Gasteiger partial charge on any atom is -0.488 e. The number of hydrogen-bond donors (Lipinski definition) is 1. The number of fused-ring (bicyclic) bond motifs is 1. The van der Waals surface area contributed by atoms with Crippen molar-refractivity contribution in [3.05, 3.63) is 71.0 Å². The third kappa shape index (κ3) is 7.36. The quantitative estimate of drug-likeness (QED) is 0.263. The third-order valence-corrected chi connectivity index (χ3v) is 8.83. The number of amides is 2. The van der Waals surface area contributed by atoms with Gasteiger partial charge in [0.05, 0.1) is 65.2 Å². The van der Waals surface area contributed by atoms with Gasteiger partial charge in [0, 0.05) is 24.2 Å². The molecule has 2 saturated heterocycles. The number of nitriles is 1. The summed E-state index contributed by atoms with van der Waals surface area (Å²) in [5, 5.41) is 17.2. The number of pyridine rings is 1. The summed E-state index contributed by atoms with van der Waals surface area (Å²) in [7, 11) is 0. The fraction of sp³-hybridized carbons (Fsp3) is 0.412. The lowest BCUT2D eigenvalue weighted by molar-refractivity contribution is -0.0686. The van der Waals surface area contributed by atoms with Crippen molar-refractivity contribution in [1.29, 1.82) is 5.26 Å². The average Bonchev–Trinajstić information content (AvgIpc) is 3.46. The molecule has 2 aliphatic heterocycles. The van der Waals surface area contributed by atoms with Gasteiger partial charge in [0.25, 0.3) is 5.91 Å². The second kappa shape index (κ2) is 12.8. The molecule has 1 N–H and O–H groups in total. The fourth-order valence-corrected chi connectivity index (χ4v) is 6.04. The Kier molecular flexibility index (Phi) is 8.83. The molecule has 0 unspecified atom stereocenters. The molecule has 0 atom stereocenters. The first-order chi connectivity index (χ1) is 23.1. The number of nitrogens with one attached hydrogen (secondary N) is 1. The molecular weight excluding hydrogens is 658 g/mol. The molecule has 4 aromatic rings. The molecular formula is C34H35ClF2N8O4. The van der Waals surface area contributed by atoms with Crippen LogP contribution in [0.15, 0.2) is 49.1 Å². The van der Waals surface area contributed by atoms with Crippen LogP contribution in [0, 0.1) is 17.1 Å². The van der Waals surface area contributed by atoms with Gasteiger partial charge in [-0.05, 0) is 64.8 Å². The molecule has 12 nitrogen and oxygen atoms in total. The lowest BCUT2D eigenvalue weighted by Crippen LogP contribution is -2.64. The number of rotatable bonds is 7. The number of benzene rings is 1. The van der Waals surface area contributed by atoms with Crippen LogP contribution in [-0.4, -0.2) is 86.1 Å². The SMILES string of the molecule is CC1(NC(=O)c2cc(F)ccc2Cl)CCN(c2cnc(-c3cc(OCC4(F)CN(C(=O)OC(C)(C)C)C4)cn4ncc(C#N)c34)cn2)CC1. The Morgan fingerprint density at radius 3 is 2.51 bits per heavy atom. The van der Waals surface area contributed by atoms with Gasteiger partial charge in [0.1, 0.15) is 35.7 Å². The molecule has 0 spiro atoms. The van der Waals surface area contributed by atoms with Gasteiger partial charge in [-0.15, -0.1) is 0 Å². The normalized spacial score (nSPS) is 16.9. The van der Waals surface area contributed by atoms with Gasteiger partial charge in [-0.25, -0.2) is 23.1 Å². The molecule has 2 amide bonds. The number of likely N-dealkylation sites (tertiary alicyclic amines) is 1. The zero-order chi connectivity index (χ0) is 35.1. The van der Waals surface area contributed by atoms with Crippen molar-refractivity contribution in [1.82, 2.24) is 29.8 Å². The number of halogens is 3. The van der Waals surface area contributed by atoms with Gasteiger partial charge >= 0.3 is 6.09 Å². The van der Waals surface area contributed by atoms with Crippen LogP contribution in [0.25, 0.3) is 16.8 Å². The fourth-order valence-electron chi connectivity index (χ4n) is 5.84. The molecule has 2 aliphatic rings. The van der Waals surface area contributed by atoms with E-state index in [1.54, 1.807) is 45.4 Å². The van der Waals surface area contributed by atoms with Crippen LogP contribution in [0.1, 0.15) is 56.5 Å². The van der Waals surface area contributed by atoms with Crippen molar-refractivity contribution in [2.24, 2.45) is 0 Å². The van der Waals surface area contributed by atoms with E-state index < -0.39 is 34.6 Å². The Labute approximate surface area is 286 Å². The second-order valence-corrected chi connectivity index (χ2v) is 14.1. The molecule has 0 bridgehead atoms. The minimum atomic E-state index is -1.75. The number of carbonyl (C=O) groups excluding carboxylic acids is 2. The largest absolute Gasteiger partial charge is 0.488 e. The molecule has 3 aromatic heterocycles. The van der Waals surface area contributed by atoms with E-state index in [4.69, 9.17) is 21.1 Å². The summed E-state index contributed by atoms with van der Waals surface area (Å²) in [6, 6.07) is 7.49. The van der Waals surface area contributed by atoms with Crippen molar-refractivity contribution < 1.29 is 27.8 Å². The van der Waals surface area contributed by atoms with Crippen molar-refractivity contribution in [2.45, 2.75) is 57.3 Å². The van der Waals surface area contributed by atoms with Gasteiger partial charge in [-0.1, -0.05) is 11.6 Å². The van der Waals surface area contributed by atoms with Crippen molar-refractivity contribution in [2.75, 3.05) is 37.7 Å². The zero-order valence-electron chi connectivity index (χ0n) is 27.5. The van der Waals surface area contributed by atoms with Gasteiger partial charge in [-0.3, -0.25) is 9.78 Å². The Morgan fingerprint density at radius 1 is 1.12 bits per heavy atom. The molecule has 256 valence electrons. The van der Waals surface area contributed by atoms with Crippen molar-refractivity contribution in [3.8, 4) is 23.1 Å². The molecule has 0 radical (unpaired) electrons. The summed E-state index contributed by atoms with van der Waals surface area (Å²) in [6.45, 7) is 7.71. The first-order valence-corrected chi connectivity index (χ1v) is 16.1. The minimum absolute atomic E-state index is 0.0881. The molecule has 1 aromatic carbocycles. The summed E-state index contributed by atoms with van der Waals surface area (Å²) in [4.78, 5) is 37.8. The topological polar surface area (TPSA) is 138 Å². The molecule has 6 rings (SSSR count). The number of ether oxygens (including phenoxy) is 2. The average molecular weight is 693 g/mol. The van der Waals surface area contributed by atoms with Crippen LogP contribution in [0.4, 0.5) is 19.4 Å². The molecule has 0 aliphatic carbocycles. The summed E-state index contributed by atoms with van der Waals surface area (Å²) in [5.74, 6) is -0.0493. The number of piperidine rings is 1. The third-order valence-electron chi connectivity index (χ3n) is 8.50. The monoisotopic (exact) mass is 692 g/mol. The highest BCUT2D eigenvalue weighted by atomic mass is 35.5. The van der Waals surface area contributed by atoms with Gasteiger partial charge in [0.15, 0.2) is 5.67 Å². The molecule has 15 heteroatoms. The van der Waals surface area contributed by atoms with E-state index in [1.807, 2.05) is 11.8 Å². The standard InChI is InChI=1S/C34H35ClF2N8O4/c1-32(2,3)49-31(47)44-18-34(37,19-44)20-48-23-12-25(29-21(13-38)14-41-45(29)17-23)27-15-40-28(16-39-27)43-9-7-33(4,8-10-43)42-30(46)24-11-22(36)5-6-26(24)35/h5-6,11-12,14-17H,7-10,18-20H2,1-4H3,(H,42,46). The van der Waals surface area contributed by atoms with E-state index >= 15 is 4.39 Å². The Hall–Kier alpha value is -5.03. The van der Waals surface area contributed by atoms with Crippen LogP contribution in [-0.2, 0) is 4.74 Å². The van der Waals surface area contributed by atoms with E-state index in [-0.39, 0.29) is 30.3 Å². The number of hydrogen-bond acceptors (Lipinski definition) is 9. The van der Waals surface area contributed by atoms with Crippen LogP contribution in [0.3, 0.4) is 0 Å². The van der Waals surface area contributed by atoms with Gasteiger partial charge in [0.2, 0.25) is 0 Å². The highest BCUT2D eigenvalue weighted by molar-refractivity contribution is 6.33. The first kappa shape index (κ1) is 33.9. The highest BCUT2D eigenvalue weighted by Crippen LogP contribution is 2.33. The lowest BCUT2D eigenvalue weighted by Gasteiger charge is -2.43. The summed E-state index contributed by atoms with van der Waals surface area (Å²) in [6.07, 6.45) is 6.82. The number of nitrogens with zero attached hydrogens (tertiary/aromatic N) is 7. The Balaban J connectivity index is 1.13. The lowest BCUT2D eigenvalue weighted by atomic mass is 9.89. The van der Waals surface area contributed by atoms with E-state index in [2.05, 4.69) is 26.5 Å². The van der Waals surface area contributed by atoms with E-state index in [1.165, 1.54) is 27.7 Å². The maximum atomic E-state index is 15.4. The van der Waals surface area contributed by atoms with E-state index in [0.717, 1.165) is 6.07 Å². The predicted octanol–water partition coefficient (Wildman–Crippen LogP) is 5.58. The highest BCUT2D eigenvalue weighted by Gasteiger charge is 2.48. The van der Waals surface area contributed by atoms with Gasteiger partial charge < -0.3 is 24.6 Å². The van der Waals surface area contributed by atoms with Crippen LogP contribution < -0.4 is 15.0 Å². The Bertz CT molecular complexity index is 1940. The maximum absolute atomic E-state index is 15.4. The zero-order valence-corrected chi connectivity index (χ0v) is 28.2. The summed E-state index contributed by atoms with van der Waals surface area (Å²) >= 11 is 6.13. The number of anilines is 1. The predicted molar refractivity (Wildman–Crippen MR) is 177 cm³/mol. The van der Waals surface area contributed by atoms with Gasteiger partial charge in [-0.2, -0.15) is 10.4 Å². The Morgan fingerprint density at radius 2 is 1.86 bits per heavy atom. The van der Waals surface area contributed by atoms with Crippen molar-refractivity contribution in [3.63, 3.8) is 0 Å². The molecule has 5 heterocycles. The smallest absolute Gasteiger partial charge is 0.410 e. The summed E-state index contributed by atoms with van der Waals surface area (Å²) < 4.78 is 41.7. The van der Waals surface area contributed by atoms with Crippen LogP contribution in [0.5, 0.6) is 5.75 Å².